The fourth-order valence-corrected chi connectivity index (χ4v) is 2.11. The summed E-state index contributed by atoms with van der Waals surface area (Å²) in [5.41, 5.74) is 5.73. The molecule has 0 radical (unpaired) electrons. The van der Waals surface area contributed by atoms with Crippen LogP contribution in [0.15, 0.2) is 0 Å². The Kier molecular flexibility index (Phi) is 8.07. The fourth-order valence-electron chi connectivity index (χ4n) is 2.11. The first-order valence-electron chi connectivity index (χ1n) is 5.59. The highest BCUT2D eigenvalue weighted by Crippen LogP contribution is 2.08. The number of rotatable bonds is 3. The molecule has 0 aromatic rings. The number of ether oxygens (including phenoxy) is 1. The molecule has 1 amide bonds. The Morgan fingerprint density at radius 1 is 1.24 bits per heavy atom. The lowest BCUT2D eigenvalue weighted by Gasteiger charge is -2.28. The van der Waals surface area contributed by atoms with E-state index >= 15 is 0 Å². The summed E-state index contributed by atoms with van der Waals surface area (Å²) in [5, 5.41) is 0. The van der Waals surface area contributed by atoms with Crippen LogP contribution in [0.1, 0.15) is 6.42 Å². The van der Waals surface area contributed by atoms with Crippen molar-refractivity contribution in [2.75, 3.05) is 45.9 Å². The van der Waals surface area contributed by atoms with Crippen LogP contribution in [0.5, 0.6) is 0 Å². The van der Waals surface area contributed by atoms with Gasteiger partial charge in [-0.3, -0.25) is 9.69 Å². The van der Waals surface area contributed by atoms with E-state index in [4.69, 9.17) is 10.5 Å². The van der Waals surface area contributed by atoms with Gasteiger partial charge in [-0.25, -0.2) is 0 Å². The van der Waals surface area contributed by atoms with Crippen molar-refractivity contribution in [3.63, 3.8) is 0 Å². The molecule has 0 aromatic carbocycles. The molecule has 102 valence electrons. The summed E-state index contributed by atoms with van der Waals surface area (Å²) in [7, 11) is 0. The monoisotopic (exact) mass is 285 g/mol. The lowest BCUT2D eigenvalue weighted by molar-refractivity contribution is -0.128. The summed E-state index contributed by atoms with van der Waals surface area (Å²) in [6, 6.07) is 0.0437. The van der Waals surface area contributed by atoms with Crippen LogP contribution >= 0.6 is 24.8 Å². The third kappa shape index (κ3) is 4.97. The van der Waals surface area contributed by atoms with Crippen LogP contribution < -0.4 is 5.73 Å². The number of carbonyl (C=O) groups excluding carboxylic acids is 1. The molecule has 1 atom stereocenters. The van der Waals surface area contributed by atoms with Gasteiger partial charge in [0.2, 0.25) is 5.91 Å². The molecule has 2 rings (SSSR count). The maximum atomic E-state index is 11.5. The van der Waals surface area contributed by atoms with Gasteiger partial charge >= 0.3 is 0 Å². The van der Waals surface area contributed by atoms with Crippen molar-refractivity contribution in [3.05, 3.63) is 0 Å². The second-order valence-corrected chi connectivity index (χ2v) is 4.26. The molecule has 1 unspecified atom stereocenters. The van der Waals surface area contributed by atoms with Crippen molar-refractivity contribution < 1.29 is 9.53 Å². The minimum Gasteiger partial charge on any atom is -0.379 e. The summed E-state index contributed by atoms with van der Waals surface area (Å²) in [6.07, 6.45) is 0.517. The van der Waals surface area contributed by atoms with E-state index in [-0.39, 0.29) is 36.8 Å². The third-order valence-corrected chi connectivity index (χ3v) is 3.03. The Balaban J connectivity index is 0.00000128. The van der Waals surface area contributed by atoms with Crippen LogP contribution in [-0.4, -0.2) is 67.7 Å². The van der Waals surface area contributed by atoms with Crippen LogP contribution in [0.25, 0.3) is 0 Å². The lowest BCUT2D eigenvalue weighted by atomic mass is 10.3. The van der Waals surface area contributed by atoms with E-state index in [1.54, 1.807) is 0 Å². The number of halogens is 2. The molecule has 2 saturated heterocycles. The highest BCUT2D eigenvalue weighted by Gasteiger charge is 2.26. The molecule has 2 aliphatic heterocycles. The van der Waals surface area contributed by atoms with Crippen LogP contribution in [0.3, 0.4) is 0 Å². The zero-order valence-electron chi connectivity index (χ0n) is 9.84. The molecule has 2 fully saturated rings. The Hall–Kier alpha value is -0.0700. The normalized spacial score (nSPS) is 25.4. The first-order valence-corrected chi connectivity index (χ1v) is 5.59. The molecular formula is C10H21Cl2N3O2. The second kappa shape index (κ2) is 8.11. The predicted molar refractivity (Wildman–Crippen MR) is 70.9 cm³/mol. The quantitative estimate of drug-likeness (QED) is 0.775. The van der Waals surface area contributed by atoms with E-state index in [2.05, 4.69) is 4.90 Å². The van der Waals surface area contributed by atoms with Crippen molar-refractivity contribution in [2.45, 2.75) is 12.5 Å². The minimum atomic E-state index is 0. The topological polar surface area (TPSA) is 58.8 Å². The maximum absolute atomic E-state index is 11.5. The van der Waals surface area contributed by atoms with Crippen molar-refractivity contribution >= 4 is 30.7 Å². The van der Waals surface area contributed by atoms with E-state index < -0.39 is 0 Å². The SMILES string of the molecule is Cl.Cl.NC1CC(=O)N(CCN2CCOCC2)C1. The van der Waals surface area contributed by atoms with Gasteiger partial charge < -0.3 is 15.4 Å². The fraction of sp³-hybridized carbons (Fsp3) is 0.900. The van der Waals surface area contributed by atoms with Crippen LogP contribution in [0.4, 0.5) is 0 Å². The number of morpholine rings is 1. The Labute approximate surface area is 114 Å². The molecule has 5 nitrogen and oxygen atoms in total. The Morgan fingerprint density at radius 3 is 2.41 bits per heavy atom. The number of amides is 1. The Morgan fingerprint density at radius 2 is 1.88 bits per heavy atom. The van der Waals surface area contributed by atoms with Crippen molar-refractivity contribution in [3.8, 4) is 0 Å². The van der Waals surface area contributed by atoms with Crippen LogP contribution in [0, 0.1) is 0 Å². The first kappa shape index (κ1) is 16.9. The molecule has 0 bridgehead atoms. The molecule has 0 saturated carbocycles. The number of likely N-dealkylation sites (tertiary alicyclic amines) is 1. The van der Waals surface area contributed by atoms with Crippen molar-refractivity contribution in [1.29, 1.82) is 0 Å². The average molecular weight is 286 g/mol. The van der Waals surface area contributed by atoms with Crippen LogP contribution in [0.2, 0.25) is 0 Å². The van der Waals surface area contributed by atoms with Gasteiger partial charge in [0, 0.05) is 45.2 Å². The molecule has 0 aromatic heterocycles. The third-order valence-electron chi connectivity index (χ3n) is 3.03. The molecule has 2 N–H and O–H groups in total. The van der Waals surface area contributed by atoms with E-state index in [9.17, 15) is 4.79 Å². The summed E-state index contributed by atoms with van der Waals surface area (Å²) in [6.45, 7) is 6.07. The Bertz CT molecular complexity index is 238. The van der Waals surface area contributed by atoms with Gasteiger partial charge in [-0.2, -0.15) is 0 Å². The number of carbonyl (C=O) groups is 1. The van der Waals surface area contributed by atoms with E-state index in [1.165, 1.54) is 0 Å². The molecular weight excluding hydrogens is 265 g/mol. The average Bonchev–Trinajstić information content (AvgIpc) is 2.56. The molecule has 0 spiro atoms. The van der Waals surface area contributed by atoms with Gasteiger partial charge in [0.15, 0.2) is 0 Å². The highest BCUT2D eigenvalue weighted by molar-refractivity contribution is 5.85. The van der Waals surface area contributed by atoms with Gasteiger partial charge in [-0.15, -0.1) is 24.8 Å². The molecule has 0 aliphatic carbocycles. The molecule has 2 heterocycles. The number of nitrogens with zero attached hydrogens (tertiary/aromatic N) is 2. The summed E-state index contributed by atoms with van der Waals surface area (Å²) in [5.74, 6) is 0.204. The van der Waals surface area contributed by atoms with E-state index in [0.717, 1.165) is 45.9 Å². The predicted octanol–water partition coefficient (Wildman–Crippen LogP) is -0.278. The zero-order chi connectivity index (χ0) is 10.7. The van der Waals surface area contributed by atoms with E-state index in [1.807, 2.05) is 4.90 Å². The lowest BCUT2D eigenvalue weighted by Crippen LogP contribution is -2.42. The number of hydrogen-bond donors (Lipinski definition) is 1. The summed E-state index contributed by atoms with van der Waals surface area (Å²) in [4.78, 5) is 15.7. The van der Waals surface area contributed by atoms with E-state index in [0.29, 0.717) is 6.42 Å². The van der Waals surface area contributed by atoms with Gasteiger partial charge in [0.25, 0.3) is 0 Å². The minimum absolute atomic E-state index is 0. The van der Waals surface area contributed by atoms with Crippen molar-refractivity contribution in [2.24, 2.45) is 5.73 Å². The molecule has 2 aliphatic rings. The molecule has 7 heteroatoms. The summed E-state index contributed by atoms with van der Waals surface area (Å²) >= 11 is 0. The maximum Gasteiger partial charge on any atom is 0.224 e. The standard InChI is InChI=1S/C10H19N3O2.2ClH/c11-9-7-10(14)13(8-9)2-1-12-3-5-15-6-4-12;;/h9H,1-8,11H2;2*1H. The molecule has 17 heavy (non-hydrogen) atoms. The second-order valence-electron chi connectivity index (χ2n) is 4.26. The van der Waals surface area contributed by atoms with Gasteiger partial charge in [-0.1, -0.05) is 0 Å². The van der Waals surface area contributed by atoms with Crippen LogP contribution in [-0.2, 0) is 9.53 Å². The highest BCUT2D eigenvalue weighted by atomic mass is 35.5. The summed E-state index contributed by atoms with van der Waals surface area (Å²) < 4.78 is 5.27. The number of hydrogen-bond acceptors (Lipinski definition) is 4. The first-order chi connectivity index (χ1) is 7.25. The zero-order valence-corrected chi connectivity index (χ0v) is 11.5. The number of nitrogens with two attached hydrogens (primary N) is 1. The van der Waals surface area contributed by atoms with Crippen molar-refractivity contribution in [1.82, 2.24) is 9.80 Å². The smallest absolute Gasteiger partial charge is 0.224 e. The van der Waals surface area contributed by atoms with Gasteiger partial charge in [0.05, 0.1) is 13.2 Å². The van der Waals surface area contributed by atoms with Gasteiger partial charge in [-0.05, 0) is 0 Å². The van der Waals surface area contributed by atoms with Gasteiger partial charge in [0.1, 0.15) is 0 Å². The largest absolute Gasteiger partial charge is 0.379 e.